The molecule has 0 bridgehead atoms. The number of ether oxygens (including phenoxy) is 1. The fourth-order valence-corrected chi connectivity index (χ4v) is 4.59. The van der Waals surface area contributed by atoms with Crippen molar-refractivity contribution < 1.29 is 9.53 Å². The average Bonchev–Trinajstić information content (AvgIpc) is 3.58. The van der Waals surface area contributed by atoms with Crippen LogP contribution < -0.4 is 10.1 Å². The summed E-state index contributed by atoms with van der Waals surface area (Å²) in [5, 5.41) is 4.15. The number of amides is 1. The van der Waals surface area contributed by atoms with E-state index in [0.717, 1.165) is 17.7 Å². The Morgan fingerprint density at radius 3 is 2.45 bits per heavy atom. The SMILES string of the molecule is COc1cc(Cl)c(-c2cc(-c3cnc(NC(=O)C4CC4)s3)nc(-c3cnccn3)n2)c(Cl)c1. The van der Waals surface area contributed by atoms with Crippen LogP contribution in [0.2, 0.25) is 10.0 Å². The van der Waals surface area contributed by atoms with Crippen molar-refractivity contribution in [3.8, 4) is 39.1 Å². The number of methoxy groups -OCH3 is 1. The molecule has 0 saturated heterocycles. The molecular formula is C22H16Cl2N6O2S. The van der Waals surface area contributed by atoms with Gasteiger partial charge in [0.1, 0.15) is 11.4 Å². The maximum absolute atomic E-state index is 12.1. The minimum absolute atomic E-state index is 0.00341. The van der Waals surface area contributed by atoms with Gasteiger partial charge in [-0.25, -0.2) is 19.9 Å². The number of carbonyl (C=O) groups excluding carboxylic acids is 1. The largest absolute Gasteiger partial charge is 0.497 e. The summed E-state index contributed by atoms with van der Waals surface area (Å²) in [5.74, 6) is 0.980. The molecule has 0 atom stereocenters. The molecule has 3 heterocycles. The lowest BCUT2D eigenvalue weighted by molar-refractivity contribution is -0.117. The molecule has 1 aliphatic carbocycles. The van der Waals surface area contributed by atoms with E-state index >= 15 is 0 Å². The molecule has 4 aromatic rings. The molecule has 5 rings (SSSR count). The maximum atomic E-state index is 12.1. The van der Waals surface area contributed by atoms with Gasteiger partial charge in [-0.15, -0.1) is 0 Å². The predicted molar refractivity (Wildman–Crippen MR) is 128 cm³/mol. The topological polar surface area (TPSA) is 103 Å². The molecule has 0 unspecified atom stereocenters. The van der Waals surface area contributed by atoms with Crippen molar-refractivity contribution in [2.24, 2.45) is 5.92 Å². The summed E-state index contributed by atoms with van der Waals surface area (Å²) in [7, 11) is 1.54. The number of thiazole rings is 1. The third kappa shape index (κ3) is 4.66. The Hall–Kier alpha value is -3.14. The van der Waals surface area contributed by atoms with Crippen molar-refractivity contribution in [1.29, 1.82) is 0 Å². The van der Waals surface area contributed by atoms with E-state index < -0.39 is 0 Å². The van der Waals surface area contributed by atoms with Gasteiger partial charge in [0.05, 0.1) is 39.6 Å². The van der Waals surface area contributed by atoms with Gasteiger partial charge in [0.25, 0.3) is 0 Å². The quantitative estimate of drug-likeness (QED) is 0.380. The molecular weight excluding hydrogens is 483 g/mol. The van der Waals surface area contributed by atoms with Gasteiger partial charge in [-0.1, -0.05) is 34.5 Å². The maximum Gasteiger partial charge on any atom is 0.229 e. The number of hydrogen-bond acceptors (Lipinski definition) is 8. The second-order valence-electron chi connectivity index (χ2n) is 7.31. The van der Waals surface area contributed by atoms with E-state index in [1.54, 1.807) is 50.1 Å². The molecule has 1 aliphatic rings. The summed E-state index contributed by atoms with van der Waals surface area (Å²) in [6.07, 6.45) is 8.22. The number of benzene rings is 1. The van der Waals surface area contributed by atoms with Crippen LogP contribution in [0.3, 0.4) is 0 Å². The third-order valence-electron chi connectivity index (χ3n) is 4.96. The lowest BCUT2D eigenvalue weighted by Gasteiger charge is -2.11. The lowest BCUT2D eigenvalue weighted by atomic mass is 10.1. The Kier molecular flexibility index (Phi) is 5.92. The zero-order valence-electron chi connectivity index (χ0n) is 17.2. The minimum atomic E-state index is -0.00341. The van der Waals surface area contributed by atoms with Crippen LogP contribution in [0.15, 0.2) is 43.0 Å². The normalized spacial score (nSPS) is 13.1. The number of halogens is 2. The van der Waals surface area contributed by atoms with Crippen molar-refractivity contribution in [2.75, 3.05) is 12.4 Å². The average molecular weight is 499 g/mol. The molecule has 1 fully saturated rings. The predicted octanol–water partition coefficient (Wildman–Crippen LogP) is 5.39. The van der Waals surface area contributed by atoms with Crippen LogP contribution in [0.25, 0.3) is 33.3 Å². The minimum Gasteiger partial charge on any atom is -0.497 e. The van der Waals surface area contributed by atoms with Crippen LogP contribution >= 0.6 is 34.5 Å². The molecule has 1 amide bonds. The van der Waals surface area contributed by atoms with Gasteiger partial charge < -0.3 is 10.1 Å². The Morgan fingerprint density at radius 1 is 1.03 bits per heavy atom. The second kappa shape index (κ2) is 9.01. The highest BCUT2D eigenvalue weighted by Gasteiger charge is 2.30. The smallest absolute Gasteiger partial charge is 0.229 e. The second-order valence-corrected chi connectivity index (χ2v) is 9.16. The molecule has 0 aliphatic heterocycles. The standard InChI is InChI=1S/C22H16Cl2N6O2S/c1-32-12-6-13(23)19(14(24)7-12)16-8-15(28-20(29-16)17-9-25-4-5-26-17)18-10-27-22(33-18)30-21(31)11-2-3-11/h4-11H,2-3H2,1H3,(H,27,30,31). The van der Waals surface area contributed by atoms with Gasteiger partial charge in [0, 0.05) is 30.1 Å². The van der Waals surface area contributed by atoms with Crippen LogP contribution in [-0.4, -0.2) is 37.9 Å². The lowest BCUT2D eigenvalue weighted by Crippen LogP contribution is -2.12. The van der Waals surface area contributed by atoms with E-state index in [4.69, 9.17) is 27.9 Å². The van der Waals surface area contributed by atoms with Crippen LogP contribution in [0, 0.1) is 5.92 Å². The van der Waals surface area contributed by atoms with E-state index in [2.05, 4.69) is 30.2 Å². The molecule has 1 N–H and O–H groups in total. The number of aromatic nitrogens is 5. The van der Waals surface area contributed by atoms with E-state index in [1.165, 1.54) is 11.3 Å². The van der Waals surface area contributed by atoms with Gasteiger partial charge in [-0.05, 0) is 31.0 Å². The number of nitrogens with zero attached hydrogens (tertiary/aromatic N) is 5. The summed E-state index contributed by atoms with van der Waals surface area (Å²) >= 11 is 14.4. The molecule has 0 radical (unpaired) electrons. The summed E-state index contributed by atoms with van der Waals surface area (Å²) in [6.45, 7) is 0. The molecule has 166 valence electrons. The van der Waals surface area contributed by atoms with Crippen molar-refractivity contribution in [2.45, 2.75) is 12.8 Å². The first-order valence-electron chi connectivity index (χ1n) is 9.98. The Bertz CT molecular complexity index is 1320. The zero-order valence-corrected chi connectivity index (χ0v) is 19.6. The summed E-state index contributed by atoms with van der Waals surface area (Å²) in [5.41, 5.74) is 2.14. The number of anilines is 1. The highest BCUT2D eigenvalue weighted by Crippen LogP contribution is 2.40. The fraction of sp³-hybridized carbons (Fsp3) is 0.182. The first-order chi connectivity index (χ1) is 16.0. The van der Waals surface area contributed by atoms with E-state index in [9.17, 15) is 4.79 Å². The Balaban J connectivity index is 1.60. The number of rotatable bonds is 6. The molecule has 33 heavy (non-hydrogen) atoms. The van der Waals surface area contributed by atoms with Crippen molar-refractivity contribution in [3.05, 3.63) is 53.0 Å². The van der Waals surface area contributed by atoms with Gasteiger partial charge in [0.2, 0.25) is 5.91 Å². The molecule has 3 aromatic heterocycles. The molecule has 8 nitrogen and oxygen atoms in total. The van der Waals surface area contributed by atoms with E-state index in [-0.39, 0.29) is 11.8 Å². The first kappa shape index (κ1) is 21.7. The monoisotopic (exact) mass is 498 g/mol. The van der Waals surface area contributed by atoms with E-state index in [0.29, 0.717) is 49.4 Å². The van der Waals surface area contributed by atoms with E-state index in [1.807, 2.05) is 0 Å². The first-order valence-corrected chi connectivity index (χ1v) is 11.5. The summed E-state index contributed by atoms with van der Waals surface area (Å²) in [4.78, 5) is 34.9. The van der Waals surface area contributed by atoms with Gasteiger partial charge in [-0.3, -0.25) is 9.78 Å². The number of nitrogens with one attached hydrogen (secondary N) is 1. The Morgan fingerprint density at radius 2 is 1.79 bits per heavy atom. The molecule has 1 aromatic carbocycles. The van der Waals surface area contributed by atoms with Crippen molar-refractivity contribution in [3.63, 3.8) is 0 Å². The number of hydrogen-bond donors (Lipinski definition) is 1. The fourth-order valence-electron chi connectivity index (χ4n) is 3.15. The molecule has 0 spiro atoms. The number of carbonyl (C=O) groups is 1. The molecule has 11 heteroatoms. The summed E-state index contributed by atoms with van der Waals surface area (Å²) in [6, 6.07) is 5.12. The highest BCUT2D eigenvalue weighted by atomic mass is 35.5. The van der Waals surface area contributed by atoms with Crippen molar-refractivity contribution in [1.82, 2.24) is 24.9 Å². The third-order valence-corrected chi connectivity index (χ3v) is 6.49. The van der Waals surface area contributed by atoms with Crippen LogP contribution in [-0.2, 0) is 4.79 Å². The van der Waals surface area contributed by atoms with Gasteiger partial charge >= 0.3 is 0 Å². The van der Waals surface area contributed by atoms with Crippen LogP contribution in [0.4, 0.5) is 5.13 Å². The molecule has 1 saturated carbocycles. The van der Waals surface area contributed by atoms with Crippen LogP contribution in [0.5, 0.6) is 5.75 Å². The van der Waals surface area contributed by atoms with Crippen molar-refractivity contribution >= 4 is 45.6 Å². The zero-order chi connectivity index (χ0) is 22.9. The van der Waals surface area contributed by atoms with Crippen LogP contribution in [0.1, 0.15) is 12.8 Å². The van der Waals surface area contributed by atoms with Gasteiger partial charge in [-0.2, -0.15) is 0 Å². The van der Waals surface area contributed by atoms with Gasteiger partial charge in [0.15, 0.2) is 11.0 Å². The Labute approximate surface area is 203 Å². The summed E-state index contributed by atoms with van der Waals surface area (Å²) < 4.78 is 5.25. The highest BCUT2D eigenvalue weighted by molar-refractivity contribution is 7.19.